The molecular weight excluding hydrogens is 296 g/mol. The van der Waals surface area contributed by atoms with E-state index in [2.05, 4.69) is 30.2 Å². The molecule has 1 unspecified atom stereocenters. The molecule has 2 rings (SSSR count). The van der Waals surface area contributed by atoms with E-state index < -0.39 is 5.25 Å². The lowest BCUT2D eigenvalue weighted by Crippen LogP contribution is -2.16. The van der Waals surface area contributed by atoms with Gasteiger partial charge in [-0.25, -0.2) is 0 Å². The Hall–Kier alpha value is -1.92. The molecule has 0 amide bonds. The van der Waals surface area contributed by atoms with Gasteiger partial charge in [0.1, 0.15) is 5.25 Å². The maximum Gasteiger partial charge on any atom is 0.323 e. The molecule has 0 aromatic heterocycles. The van der Waals surface area contributed by atoms with Gasteiger partial charge in [-0.2, -0.15) is 0 Å². The van der Waals surface area contributed by atoms with Gasteiger partial charge in [-0.05, 0) is 42.7 Å². The van der Waals surface area contributed by atoms with Crippen molar-refractivity contribution in [1.82, 2.24) is 0 Å². The van der Waals surface area contributed by atoms with E-state index in [9.17, 15) is 4.79 Å². The zero-order valence-electron chi connectivity index (χ0n) is 13.0. The van der Waals surface area contributed by atoms with E-state index in [1.54, 1.807) is 6.08 Å². The van der Waals surface area contributed by atoms with Crippen molar-refractivity contribution in [3.63, 3.8) is 0 Å². The molecule has 1 aliphatic heterocycles. The van der Waals surface area contributed by atoms with Gasteiger partial charge in [0.25, 0.3) is 0 Å². The summed E-state index contributed by atoms with van der Waals surface area (Å²) in [6.45, 7) is 8.56. The standard InChI is InChI=1S/C18H18O3S/c1-5-7-14-12(3)17(9-13-10-21-11-15(13)14)22-16(8-6-2)18(19)20-4/h8-9,16H,2,10-11H2,1,3-4H3. The minimum absolute atomic E-state index is 0.319. The van der Waals surface area contributed by atoms with Gasteiger partial charge in [-0.1, -0.05) is 12.5 Å². The molecule has 1 atom stereocenters. The van der Waals surface area contributed by atoms with Crippen molar-refractivity contribution in [2.24, 2.45) is 0 Å². The van der Waals surface area contributed by atoms with Crippen LogP contribution in [0.25, 0.3) is 0 Å². The highest BCUT2D eigenvalue weighted by molar-refractivity contribution is 8.00. The molecule has 114 valence electrons. The average molecular weight is 314 g/mol. The summed E-state index contributed by atoms with van der Waals surface area (Å²) in [7, 11) is 1.38. The van der Waals surface area contributed by atoms with Crippen LogP contribution >= 0.6 is 11.8 Å². The number of fused-ring (bicyclic) bond motifs is 1. The van der Waals surface area contributed by atoms with E-state index in [1.807, 2.05) is 13.8 Å². The number of hydrogen-bond donors (Lipinski definition) is 0. The van der Waals surface area contributed by atoms with Gasteiger partial charge in [-0.15, -0.1) is 23.4 Å². The summed E-state index contributed by atoms with van der Waals surface area (Å²) in [5.41, 5.74) is 7.03. The predicted octanol–water partition coefficient (Wildman–Crippen LogP) is 3.37. The number of carbonyl (C=O) groups excluding carboxylic acids is 1. The monoisotopic (exact) mass is 314 g/mol. The first-order valence-corrected chi connectivity index (χ1v) is 7.76. The molecule has 1 aromatic carbocycles. The Labute approximate surface area is 135 Å². The van der Waals surface area contributed by atoms with Crippen LogP contribution in [0.2, 0.25) is 0 Å². The highest BCUT2D eigenvalue weighted by Crippen LogP contribution is 2.35. The van der Waals surface area contributed by atoms with Crippen LogP contribution in [0.4, 0.5) is 0 Å². The molecule has 0 spiro atoms. The number of methoxy groups -OCH3 is 1. The third-order valence-corrected chi connectivity index (χ3v) is 4.71. The second kappa shape index (κ2) is 7.38. The topological polar surface area (TPSA) is 35.5 Å². The number of carbonyl (C=O) groups is 1. The molecule has 22 heavy (non-hydrogen) atoms. The van der Waals surface area contributed by atoms with Crippen molar-refractivity contribution in [1.29, 1.82) is 0 Å². The van der Waals surface area contributed by atoms with Crippen LogP contribution in [-0.2, 0) is 27.5 Å². The van der Waals surface area contributed by atoms with Crippen molar-refractivity contribution < 1.29 is 14.3 Å². The van der Waals surface area contributed by atoms with Crippen LogP contribution in [0, 0.1) is 18.8 Å². The first-order valence-electron chi connectivity index (χ1n) is 6.88. The lowest BCUT2D eigenvalue weighted by atomic mass is 9.99. The summed E-state index contributed by atoms with van der Waals surface area (Å²) in [6.07, 6.45) is 1.62. The molecule has 0 saturated heterocycles. The third kappa shape index (κ3) is 3.28. The van der Waals surface area contributed by atoms with E-state index in [-0.39, 0.29) is 5.97 Å². The van der Waals surface area contributed by atoms with Crippen molar-refractivity contribution in [3.05, 3.63) is 46.7 Å². The van der Waals surface area contributed by atoms with Crippen LogP contribution in [0.5, 0.6) is 0 Å². The Kier molecular flexibility index (Phi) is 5.51. The van der Waals surface area contributed by atoms with Crippen molar-refractivity contribution in [3.8, 4) is 11.8 Å². The SMILES string of the molecule is C=C=CC(Sc1cc2c(c(C#CC)c1C)COC2)C(=O)OC. The Balaban J connectivity index is 2.46. The summed E-state index contributed by atoms with van der Waals surface area (Å²) in [6, 6.07) is 2.08. The highest BCUT2D eigenvalue weighted by Gasteiger charge is 2.23. The van der Waals surface area contributed by atoms with Crippen molar-refractivity contribution >= 4 is 17.7 Å². The fourth-order valence-electron chi connectivity index (χ4n) is 2.35. The van der Waals surface area contributed by atoms with Gasteiger partial charge in [0.15, 0.2) is 0 Å². The van der Waals surface area contributed by atoms with E-state index in [4.69, 9.17) is 9.47 Å². The Morgan fingerprint density at radius 2 is 2.32 bits per heavy atom. The number of hydrogen-bond acceptors (Lipinski definition) is 4. The van der Waals surface area contributed by atoms with Gasteiger partial charge >= 0.3 is 5.97 Å². The van der Waals surface area contributed by atoms with Crippen LogP contribution in [-0.4, -0.2) is 18.3 Å². The summed E-state index contributed by atoms with van der Waals surface area (Å²) in [5, 5.41) is -0.469. The summed E-state index contributed by atoms with van der Waals surface area (Å²) in [5.74, 6) is 5.81. The zero-order valence-corrected chi connectivity index (χ0v) is 13.8. The summed E-state index contributed by atoms with van der Waals surface area (Å²) < 4.78 is 10.4. The maximum atomic E-state index is 11.9. The molecular formula is C18H18O3S. The Morgan fingerprint density at radius 1 is 1.55 bits per heavy atom. The number of ether oxygens (including phenoxy) is 2. The Morgan fingerprint density at radius 3 is 2.95 bits per heavy atom. The maximum absolute atomic E-state index is 11.9. The largest absolute Gasteiger partial charge is 0.468 e. The molecule has 0 N–H and O–H groups in total. The zero-order chi connectivity index (χ0) is 16.1. The van der Waals surface area contributed by atoms with E-state index in [0.29, 0.717) is 13.2 Å². The quantitative estimate of drug-likeness (QED) is 0.369. The van der Waals surface area contributed by atoms with Crippen LogP contribution in [0.1, 0.15) is 29.2 Å². The molecule has 0 saturated carbocycles. The number of benzene rings is 1. The molecule has 0 fully saturated rings. The van der Waals surface area contributed by atoms with Gasteiger partial charge in [0.2, 0.25) is 0 Å². The van der Waals surface area contributed by atoms with Gasteiger partial charge in [0, 0.05) is 10.5 Å². The summed E-state index contributed by atoms with van der Waals surface area (Å²) >= 11 is 1.42. The van der Waals surface area contributed by atoms with Crippen LogP contribution in [0.15, 0.2) is 29.3 Å². The number of thioether (sulfide) groups is 1. The second-order valence-electron chi connectivity index (χ2n) is 4.81. The highest BCUT2D eigenvalue weighted by atomic mass is 32.2. The first-order chi connectivity index (χ1) is 10.6. The fraction of sp³-hybridized carbons (Fsp3) is 0.333. The second-order valence-corrected chi connectivity index (χ2v) is 6.00. The first kappa shape index (κ1) is 16.5. The van der Waals surface area contributed by atoms with Crippen LogP contribution in [0.3, 0.4) is 0 Å². The smallest absolute Gasteiger partial charge is 0.323 e. The lowest BCUT2D eigenvalue weighted by Gasteiger charge is -2.15. The molecule has 1 heterocycles. The molecule has 4 heteroatoms. The average Bonchev–Trinajstić information content (AvgIpc) is 2.98. The van der Waals surface area contributed by atoms with E-state index in [0.717, 1.165) is 27.1 Å². The van der Waals surface area contributed by atoms with Gasteiger partial charge < -0.3 is 9.47 Å². The molecule has 0 bridgehead atoms. The van der Waals surface area contributed by atoms with E-state index >= 15 is 0 Å². The number of rotatable bonds is 4. The van der Waals surface area contributed by atoms with Crippen molar-refractivity contribution in [2.45, 2.75) is 37.2 Å². The minimum atomic E-state index is -0.469. The van der Waals surface area contributed by atoms with Gasteiger partial charge in [-0.3, -0.25) is 4.79 Å². The minimum Gasteiger partial charge on any atom is -0.468 e. The third-order valence-electron chi connectivity index (χ3n) is 3.45. The van der Waals surface area contributed by atoms with Gasteiger partial charge in [0.05, 0.1) is 20.3 Å². The predicted molar refractivity (Wildman–Crippen MR) is 87.6 cm³/mol. The molecule has 3 nitrogen and oxygen atoms in total. The summed E-state index contributed by atoms with van der Waals surface area (Å²) in [4.78, 5) is 12.9. The van der Waals surface area contributed by atoms with E-state index in [1.165, 1.54) is 18.9 Å². The molecule has 1 aliphatic rings. The molecule has 0 radical (unpaired) electrons. The Bertz CT molecular complexity index is 703. The normalized spacial score (nSPS) is 13.4. The number of esters is 1. The van der Waals surface area contributed by atoms with Crippen molar-refractivity contribution in [2.75, 3.05) is 7.11 Å². The van der Waals surface area contributed by atoms with Crippen LogP contribution < -0.4 is 0 Å². The fourth-order valence-corrected chi connectivity index (χ4v) is 3.47. The lowest BCUT2D eigenvalue weighted by molar-refractivity contribution is -0.139. The molecule has 1 aromatic rings. The molecule has 0 aliphatic carbocycles.